The summed E-state index contributed by atoms with van der Waals surface area (Å²) in [7, 11) is 0. The van der Waals surface area contributed by atoms with E-state index in [-0.39, 0.29) is 5.75 Å². The van der Waals surface area contributed by atoms with E-state index in [0.29, 0.717) is 13.2 Å². The Morgan fingerprint density at radius 3 is 2.55 bits per heavy atom. The Labute approximate surface area is 129 Å². The van der Waals surface area contributed by atoms with Gasteiger partial charge in [-0.25, -0.2) is 0 Å². The van der Waals surface area contributed by atoms with Crippen molar-refractivity contribution in [1.29, 1.82) is 0 Å². The van der Waals surface area contributed by atoms with Crippen molar-refractivity contribution in [2.24, 2.45) is 5.73 Å². The van der Waals surface area contributed by atoms with Gasteiger partial charge in [0, 0.05) is 35.8 Å². The second-order valence-corrected chi connectivity index (χ2v) is 5.24. The molecule has 3 aromatic rings. The predicted molar refractivity (Wildman–Crippen MR) is 87.9 cm³/mol. The lowest BCUT2D eigenvalue weighted by Gasteiger charge is -2.07. The minimum absolute atomic E-state index is 0.236. The minimum Gasteiger partial charge on any atom is -0.508 e. The number of hydrogen-bond acceptors (Lipinski definition) is 3. The summed E-state index contributed by atoms with van der Waals surface area (Å²) in [6.45, 7) is 4.02. The summed E-state index contributed by atoms with van der Waals surface area (Å²) in [6, 6.07) is 13.0. The van der Waals surface area contributed by atoms with Crippen LogP contribution in [0.3, 0.4) is 0 Å². The van der Waals surface area contributed by atoms with E-state index in [4.69, 9.17) is 10.5 Å². The molecule has 114 valence electrons. The van der Waals surface area contributed by atoms with Crippen molar-refractivity contribution in [3.05, 3.63) is 59.8 Å². The summed E-state index contributed by atoms with van der Waals surface area (Å²) in [6.07, 6.45) is 2.13. The van der Waals surface area contributed by atoms with Crippen molar-refractivity contribution in [3.63, 3.8) is 0 Å². The van der Waals surface area contributed by atoms with Crippen LogP contribution >= 0.6 is 0 Å². The number of aryl methyl sites for hydroxylation is 1. The molecule has 4 heteroatoms. The second-order valence-electron chi connectivity index (χ2n) is 5.24. The fourth-order valence-corrected chi connectivity index (χ4v) is 2.76. The molecule has 0 bridgehead atoms. The molecule has 1 heterocycles. The van der Waals surface area contributed by atoms with Gasteiger partial charge in [0.2, 0.25) is 0 Å². The highest BCUT2D eigenvalue weighted by Crippen LogP contribution is 2.27. The van der Waals surface area contributed by atoms with Crippen LogP contribution in [0.2, 0.25) is 0 Å². The molecule has 0 aliphatic heterocycles. The Bertz CT molecular complexity index is 776. The number of fused-ring (bicyclic) bond motifs is 1. The molecule has 0 saturated heterocycles. The summed E-state index contributed by atoms with van der Waals surface area (Å²) in [5.41, 5.74) is 9.34. The first kappa shape index (κ1) is 14.5. The molecule has 0 unspecified atom stereocenters. The zero-order chi connectivity index (χ0) is 15.5. The number of aromatic hydroxyl groups is 1. The first-order valence-electron chi connectivity index (χ1n) is 7.44. The SMILES string of the molecule is CCn1cc(COc2ccc(O)cc2)c2c(CN)cccc21. The Morgan fingerprint density at radius 2 is 1.86 bits per heavy atom. The van der Waals surface area contributed by atoms with Gasteiger partial charge >= 0.3 is 0 Å². The third-order valence-corrected chi connectivity index (χ3v) is 3.86. The molecule has 0 atom stereocenters. The fraction of sp³-hybridized carbons (Fsp3) is 0.222. The molecule has 2 aromatic carbocycles. The van der Waals surface area contributed by atoms with E-state index in [9.17, 15) is 5.11 Å². The van der Waals surface area contributed by atoms with Crippen LogP contribution in [-0.4, -0.2) is 9.67 Å². The van der Waals surface area contributed by atoms with Crippen molar-refractivity contribution in [1.82, 2.24) is 4.57 Å². The van der Waals surface area contributed by atoms with E-state index >= 15 is 0 Å². The van der Waals surface area contributed by atoms with Crippen molar-refractivity contribution in [2.45, 2.75) is 26.6 Å². The molecular formula is C18H20N2O2. The zero-order valence-electron chi connectivity index (χ0n) is 12.6. The molecule has 0 amide bonds. The van der Waals surface area contributed by atoms with Gasteiger partial charge < -0.3 is 20.1 Å². The molecule has 0 aliphatic rings. The van der Waals surface area contributed by atoms with Crippen LogP contribution in [0.4, 0.5) is 0 Å². The maximum absolute atomic E-state index is 9.31. The molecule has 22 heavy (non-hydrogen) atoms. The third-order valence-electron chi connectivity index (χ3n) is 3.86. The van der Waals surface area contributed by atoms with E-state index in [2.05, 4.69) is 29.8 Å². The summed E-state index contributed by atoms with van der Waals surface area (Å²) in [5.74, 6) is 0.973. The molecule has 0 aliphatic carbocycles. The Kier molecular flexibility index (Phi) is 4.02. The highest BCUT2D eigenvalue weighted by Gasteiger charge is 2.11. The summed E-state index contributed by atoms with van der Waals surface area (Å²) >= 11 is 0. The van der Waals surface area contributed by atoms with Crippen LogP contribution in [0.25, 0.3) is 10.9 Å². The molecule has 0 spiro atoms. The number of aromatic nitrogens is 1. The van der Waals surface area contributed by atoms with Gasteiger partial charge in [0.15, 0.2) is 0 Å². The Hall–Kier alpha value is -2.46. The number of hydrogen-bond donors (Lipinski definition) is 2. The highest BCUT2D eigenvalue weighted by atomic mass is 16.5. The molecule has 3 N–H and O–H groups in total. The van der Waals surface area contributed by atoms with Crippen LogP contribution in [0.1, 0.15) is 18.1 Å². The topological polar surface area (TPSA) is 60.4 Å². The maximum atomic E-state index is 9.31. The van der Waals surface area contributed by atoms with E-state index in [1.54, 1.807) is 24.3 Å². The highest BCUT2D eigenvalue weighted by molar-refractivity contribution is 5.87. The van der Waals surface area contributed by atoms with Crippen LogP contribution in [0.5, 0.6) is 11.5 Å². The first-order chi connectivity index (χ1) is 10.7. The lowest BCUT2D eigenvalue weighted by atomic mass is 10.1. The van der Waals surface area contributed by atoms with Crippen LogP contribution in [0.15, 0.2) is 48.7 Å². The molecule has 0 saturated carbocycles. The van der Waals surface area contributed by atoms with Gasteiger partial charge in [0.05, 0.1) is 0 Å². The lowest BCUT2D eigenvalue weighted by Crippen LogP contribution is -1.99. The number of phenolic OH excluding ortho intramolecular Hbond substituents is 1. The monoisotopic (exact) mass is 296 g/mol. The van der Waals surface area contributed by atoms with Crippen molar-refractivity contribution in [2.75, 3.05) is 0 Å². The Morgan fingerprint density at radius 1 is 1.09 bits per heavy atom. The summed E-state index contributed by atoms with van der Waals surface area (Å²) in [4.78, 5) is 0. The van der Waals surface area contributed by atoms with E-state index < -0.39 is 0 Å². The number of benzene rings is 2. The normalized spacial score (nSPS) is 11.0. The van der Waals surface area contributed by atoms with Gasteiger partial charge in [-0.1, -0.05) is 12.1 Å². The summed E-state index contributed by atoms with van der Waals surface area (Å²) < 4.78 is 8.06. The van der Waals surface area contributed by atoms with Gasteiger partial charge in [0.1, 0.15) is 18.1 Å². The summed E-state index contributed by atoms with van der Waals surface area (Å²) in [5, 5.41) is 10.5. The molecular weight excluding hydrogens is 276 g/mol. The molecule has 3 rings (SSSR count). The zero-order valence-corrected chi connectivity index (χ0v) is 12.6. The van der Waals surface area contributed by atoms with Crippen molar-refractivity contribution < 1.29 is 9.84 Å². The second kappa shape index (κ2) is 6.12. The van der Waals surface area contributed by atoms with Gasteiger partial charge in [0.25, 0.3) is 0 Å². The molecule has 1 aromatic heterocycles. The number of nitrogens with zero attached hydrogens (tertiary/aromatic N) is 1. The average Bonchev–Trinajstić information content (AvgIpc) is 2.92. The quantitative estimate of drug-likeness (QED) is 0.758. The van der Waals surface area contributed by atoms with Gasteiger partial charge in [-0.15, -0.1) is 0 Å². The van der Waals surface area contributed by atoms with E-state index in [1.807, 2.05) is 6.07 Å². The fourth-order valence-electron chi connectivity index (χ4n) is 2.76. The molecule has 4 nitrogen and oxygen atoms in total. The predicted octanol–water partition coefficient (Wildman–Crippen LogP) is 3.40. The van der Waals surface area contributed by atoms with Gasteiger partial charge in [-0.3, -0.25) is 0 Å². The molecule has 0 radical (unpaired) electrons. The smallest absolute Gasteiger partial charge is 0.120 e. The van der Waals surface area contributed by atoms with E-state index in [0.717, 1.165) is 23.4 Å². The molecule has 0 fully saturated rings. The van der Waals surface area contributed by atoms with Crippen molar-refractivity contribution in [3.8, 4) is 11.5 Å². The lowest BCUT2D eigenvalue weighted by molar-refractivity contribution is 0.306. The van der Waals surface area contributed by atoms with Crippen molar-refractivity contribution >= 4 is 10.9 Å². The average molecular weight is 296 g/mol. The third kappa shape index (κ3) is 2.65. The van der Waals surface area contributed by atoms with Gasteiger partial charge in [-0.2, -0.15) is 0 Å². The van der Waals surface area contributed by atoms with Crippen LogP contribution < -0.4 is 10.5 Å². The minimum atomic E-state index is 0.236. The first-order valence-corrected chi connectivity index (χ1v) is 7.44. The van der Waals surface area contributed by atoms with Crippen LogP contribution in [0, 0.1) is 0 Å². The standard InChI is InChI=1S/C18H20N2O2/c1-2-20-11-14(12-22-16-8-6-15(21)7-9-16)18-13(10-19)4-3-5-17(18)20/h3-9,11,21H,2,10,12,19H2,1H3. The number of phenols is 1. The van der Waals surface area contributed by atoms with Crippen LogP contribution in [-0.2, 0) is 19.7 Å². The number of nitrogens with two attached hydrogens (primary N) is 1. The number of ether oxygens (including phenoxy) is 1. The van der Waals surface area contributed by atoms with E-state index in [1.165, 1.54) is 10.9 Å². The number of rotatable bonds is 5. The Balaban J connectivity index is 1.94. The largest absolute Gasteiger partial charge is 0.508 e. The van der Waals surface area contributed by atoms with Gasteiger partial charge in [-0.05, 0) is 42.8 Å². The maximum Gasteiger partial charge on any atom is 0.120 e.